The van der Waals surface area contributed by atoms with Gasteiger partial charge in [-0.05, 0) is 33.7 Å². The molecule has 0 spiro atoms. The molecule has 3 nitrogen and oxygen atoms in total. The van der Waals surface area contributed by atoms with E-state index in [2.05, 4.69) is 31.1 Å². The van der Waals surface area contributed by atoms with Gasteiger partial charge >= 0.3 is 0 Å². The number of hydrogen-bond acceptors (Lipinski definition) is 2. The molecule has 0 aromatic heterocycles. The summed E-state index contributed by atoms with van der Waals surface area (Å²) in [6.07, 6.45) is 2.28. The van der Waals surface area contributed by atoms with Gasteiger partial charge in [0.2, 0.25) is 5.91 Å². The van der Waals surface area contributed by atoms with Gasteiger partial charge in [0.25, 0.3) is 0 Å². The maximum atomic E-state index is 10.9. The minimum absolute atomic E-state index is 0.0832. The third kappa shape index (κ3) is 2.44. The molecule has 0 aromatic carbocycles. The van der Waals surface area contributed by atoms with E-state index in [0.29, 0.717) is 18.1 Å². The first-order valence-corrected chi connectivity index (χ1v) is 5.01. The summed E-state index contributed by atoms with van der Waals surface area (Å²) in [6, 6.07) is 1.42. The second kappa shape index (κ2) is 4.09. The Kier molecular flexibility index (Phi) is 3.31. The molecule has 3 heteroatoms. The van der Waals surface area contributed by atoms with Crippen molar-refractivity contribution in [2.24, 2.45) is 0 Å². The van der Waals surface area contributed by atoms with Crippen molar-refractivity contribution in [3.8, 4) is 0 Å². The van der Waals surface area contributed by atoms with Crippen LogP contribution in [-0.4, -0.2) is 36.0 Å². The third-order valence-corrected chi connectivity index (χ3v) is 3.20. The molecule has 1 amide bonds. The van der Waals surface area contributed by atoms with E-state index in [1.165, 1.54) is 6.42 Å². The van der Waals surface area contributed by atoms with E-state index in [1.807, 2.05) is 0 Å². The zero-order valence-corrected chi connectivity index (χ0v) is 9.00. The maximum absolute atomic E-state index is 10.9. The molecular weight excluding hydrogens is 164 g/mol. The molecule has 1 aliphatic rings. The standard InChI is InChI=1S/C10H20N2O/c1-7-5-6-10(11-9(3)13)8(2)12(7)4/h7-8,10H,5-6H2,1-4H3,(H,11,13). The second-order valence-electron chi connectivity index (χ2n) is 4.14. The van der Waals surface area contributed by atoms with Crippen molar-refractivity contribution in [3.63, 3.8) is 0 Å². The number of amides is 1. The number of nitrogens with zero attached hydrogens (tertiary/aromatic N) is 1. The first kappa shape index (κ1) is 10.5. The Bertz CT molecular complexity index is 193. The van der Waals surface area contributed by atoms with Crippen LogP contribution in [0.3, 0.4) is 0 Å². The number of likely N-dealkylation sites (tertiary alicyclic amines) is 1. The van der Waals surface area contributed by atoms with Crippen molar-refractivity contribution in [1.82, 2.24) is 10.2 Å². The largest absolute Gasteiger partial charge is 0.352 e. The Morgan fingerprint density at radius 3 is 2.54 bits per heavy atom. The second-order valence-corrected chi connectivity index (χ2v) is 4.14. The molecule has 3 unspecified atom stereocenters. The van der Waals surface area contributed by atoms with Crippen LogP contribution in [0.25, 0.3) is 0 Å². The van der Waals surface area contributed by atoms with Crippen LogP contribution in [0.1, 0.15) is 33.6 Å². The maximum Gasteiger partial charge on any atom is 0.217 e. The van der Waals surface area contributed by atoms with Crippen LogP contribution in [0.15, 0.2) is 0 Å². The smallest absolute Gasteiger partial charge is 0.217 e. The molecule has 76 valence electrons. The Labute approximate surface area is 80.5 Å². The SMILES string of the molecule is CC(=O)NC1CCC(C)N(C)C1C. The predicted molar refractivity (Wildman–Crippen MR) is 53.5 cm³/mol. The highest BCUT2D eigenvalue weighted by Crippen LogP contribution is 2.20. The Morgan fingerprint density at radius 2 is 2.00 bits per heavy atom. The Hall–Kier alpha value is -0.570. The van der Waals surface area contributed by atoms with Crippen LogP contribution in [0, 0.1) is 0 Å². The summed E-state index contributed by atoms with van der Waals surface area (Å²) >= 11 is 0. The summed E-state index contributed by atoms with van der Waals surface area (Å²) in [5.74, 6) is 0.0832. The summed E-state index contributed by atoms with van der Waals surface area (Å²) in [5, 5.41) is 3.00. The van der Waals surface area contributed by atoms with Gasteiger partial charge in [0, 0.05) is 25.0 Å². The van der Waals surface area contributed by atoms with E-state index in [1.54, 1.807) is 6.92 Å². The zero-order valence-electron chi connectivity index (χ0n) is 9.00. The number of hydrogen-bond donors (Lipinski definition) is 1. The molecule has 0 radical (unpaired) electrons. The fourth-order valence-corrected chi connectivity index (χ4v) is 2.00. The van der Waals surface area contributed by atoms with Crippen LogP contribution in [0.2, 0.25) is 0 Å². The first-order chi connectivity index (χ1) is 6.02. The number of carbonyl (C=O) groups is 1. The summed E-state index contributed by atoms with van der Waals surface area (Å²) in [4.78, 5) is 13.3. The average Bonchev–Trinajstić information content (AvgIpc) is 2.06. The van der Waals surface area contributed by atoms with Crippen molar-refractivity contribution in [3.05, 3.63) is 0 Å². The number of carbonyl (C=O) groups excluding carboxylic acids is 1. The summed E-state index contributed by atoms with van der Waals surface area (Å²) in [5.41, 5.74) is 0. The van der Waals surface area contributed by atoms with Crippen LogP contribution in [0.4, 0.5) is 0 Å². The normalized spacial score (nSPS) is 35.8. The van der Waals surface area contributed by atoms with E-state index < -0.39 is 0 Å². The Balaban J connectivity index is 2.53. The van der Waals surface area contributed by atoms with E-state index in [9.17, 15) is 4.79 Å². The number of rotatable bonds is 1. The lowest BCUT2D eigenvalue weighted by Gasteiger charge is -2.41. The highest BCUT2D eigenvalue weighted by atomic mass is 16.1. The van der Waals surface area contributed by atoms with Crippen molar-refractivity contribution in [2.75, 3.05) is 7.05 Å². The van der Waals surface area contributed by atoms with Crippen molar-refractivity contribution < 1.29 is 4.79 Å². The molecule has 13 heavy (non-hydrogen) atoms. The third-order valence-electron chi connectivity index (χ3n) is 3.20. The fourth-order valence-electron chi connectivity index (χ4n) is 2.00. The van der Waals surface area contributed by atoms with Gasteiger partial charge < -0.3 is 5.32 Å². The zero-order chi connectivity index (χ0) is 10.0. The minimum atomic E-state index is 0.0832. The van der Waals surface area contributed by atoms with Crippen molar-refractivity contribution >= 4 is 5.91 Å². The number of likely N-dealkylation sites (N-methyl/N-ethyl adjacent to an activating group) is 1. The van der Waals surface area contributed by atoms with Crippen molar-refractivity contribution in [1.29, 1.82) is 0 Å². The van der Waals surface area contributed by atoms with Crippen molar-refractivity contribution in [2.45, 2.75) is 51.7 Å². The molecule has 1 N–H and O–H groups in total. The van der Waals surface area contributed by atoms with Gasteiger partial charge in [0.05, 0.1) is 0 Å². The number of nitrogens with one attached hydrogen (secondary N) is 1. The highest BCUT2D eigenvalue weighted by molar-refractivity contribution is 5.73. The molecule has 0 bridgehead atoms. The van der Waals surface area contributed by atoms with E-state index in [4.69, 9.17) is 0 Å². The molecule has 1 fully saturated rings. The molecule has 1 rings (SSSR count). The quantitative estimate of drug-likeness (QED) is 0.659. The summed E-state index contributed by atoms with van der Waals surface area (Å²) in [7, 11) is 2.13. The lowest BCUT2D eigenvalue weighted by atomic mass is 9.93. The van der Waals surface area contributed by atoms with E-state index in [0.717, 1.165) is 6.42 Å². The van der Waals surface area contributed by atoms with Gasteiger partial charge in [-0.2, -0.15) is 0 Å². The molecule has 1 saturated heterocycles. The predicted octanol–water partition coefficient (Wildman–Crippen LogP) is 0.994. The van der Waals surface area contributed by atoms with Gasteiger partial charge in [0.1, 0.15) is 0 Å². The van der Waals surface area contributed by atoms with E-state index in [-0.39, 0.29) is 5.91 Å². The molecule has 0 aliphatic carbocycles. The van der Waals surface area contributed by atoms with Crippen LogP contribution < -0.4 is 5.32 Å². The van der Waals surface area contributed by atoms with Gasteiger partial charge in [0.15, 0.2) is 0 Å². The van der Waals surface area contributed by atoms with Gasteiger partial charge in [-0.3, -0.25) is 9.69 Å². The van der Waals surface area contributed by atoms with Gasteiger partial charge in [-0.25, -0.2) is 0 Å². The lowest BCUT2D eigenvalue weighted by molar-refractivity contribution is -0.120. The van der Waals surface area contributed by atoms with Gasteiger partial charge in [-0.15, -0.1) is 0 Å². The number of piperidine rings is 1. The minimum Gasteiger partial charge on any atom is -0.352 e. The Morgan fingerprint density at radius 1 is 1.38 bits per heavy atom. The monoisotopic (exact) mass is 184 g/mol. The molecule has 3 atom stereocenters. The summed E-state index contributed by atoms with van der Waals surface area (Å²) in [6.45, 7) is 6.00. The van der Waals surface area contributed by atoms with E-state index >= 15 is 0 Å². The topological polar surface area (TPSA) is 32.3 Å². The van der Waals surface area contributed by atoms with Crippen LogP contribution in [0.5, 0.6) is 0 Å². The molecule has 1 heterocycles. The lowest BCUT2D eigenvalue weighted by Crippen LogP contribution is -2.55. The first-order valence-electron chi connectivity index (χ1n) is 5.01. The molecular formula is C10H20N2O. The van der Waals surface area contributed by atoms with Crippen LogP contribution >= 0.6 is 0 Å². The molecule has 0 saturated carbocycles. The highest BCUT2D eigenvalue weighted by Gasteiger charge is 2.29. The fraction of sp³-hybridized carbons (Fsp3) is 0.900. The molecule has 1 aliphatic heterocycles. The molecule has 0 aromatic rings. The average molecular weight is 184 g/mol. The summed E-state index contributed by atoms with van der Waals surface area (Å²) < 4.78 is 0. The van der Waals surface area contributed by atoms with Gasteiger partial charge in [-0.1, -0.05) is 0 Å². The van der Waals surface area contributed by atoms with Crippen LogP contribution in [-0.2, 0) is 4.79 Å².